The second-order valence-corrected chi connectivity index (χ2v) is 4.14. The minimum atomic E-state index is -0.0669. The lowest BCUT2D eigenvalue weighted by atomic mass is 9.71. The summed E-state index contributed by atoms with van der Waals surface area (Å²) in [4.78, 5) is 0. The van der Waals surface area contributed by atoms with Crippen LogP contribution in [-0.2, 0) is 0 Å². The van der Waals surface area contributed by atoms with Crippen molar-refractivity contribution in [3.63, 3.8) is 0 Å². The zero-order chi connectivity index (χ0) is 8.32. The highest BCUT2D eigenvalue weighted by molar-refractivity contribution is 4.84. The molecule has 66 valence electrons. The highest BCUT2D eigenvalue weighted by Gasteiger charge is 2.32. The Kier molecular flexibility index (Phi) is 2.94. The van der Waals surface area contributed by atoms with Gasteiger partial charge in [-0.3, -0.25) is 0 Å². The van der Waals surface area contributed by atoms with Crippen LogP contribution in [-0.4, -0.2) is 11.2 Å². The molecule has 1 N–H and O–H groups in total. The lowest BCUT2D eigenvalue weighted by Crippen LogP contribution is -2.33. The van der Waals surface area contributed by atoms with Gasteiger partial charge in [-0.1, -0.05) is 33.1 Å². The maximum atomic E-state index is 9.74. The third kappa shape index (κ3) is 1.96. The average Bonchev–Trinajstić information content (AvgIpc) is 2.04. The predicted octanol–water partition coefficient (Wildman–Crippen LogP) is 2.73. The lowest BCUT2D eigenvalue weighted by molar-refractivity contribution is 0.00760. The molecule has 0 amide bonds. The van der Waals surface area contributed by atoms with Crippen molar-refractivity contribution >= 4 is 0 Å². The summed E-state index contributed by atoms with van der Waals surface area (Å²) in [6.45, 7) is 4.31. The predicted molar refractivity (Wildman–Crippen MR) is 47.5 cm³/mol. The number of aliphatic hydroxyl groups is 1. The molecular weight excluding hydrogens is 136 g/mol. The van der Waals surface area contributed by atoms with Crippen LogP contribution in [0.4, 0.5) is 0 Å². The van der Waals surface area contributed by atoms with E-state index < -0.39 is 0 Å². The van der Waals surface area contributed by atoms with Crippen molar-refractivity contribution in [2.24, 2.45) is 5.41 Å². The molecule has 0 aliphatic heterocycles. The van der Waals surface area contributed by atoms with E-state index in [-0.39, 0.29) is 11.5 Å². The fourth-order valence-electron chi connectivity index (χ4n) is 2.19. The number of hydrogen-bond donors (Lipinski definition) is 1. The first-order valence-electron chi connectivity index (χ1n) is 4.87. The normalized spacial score (nSPS) is 26.5. The van der Waals surface area contributed by atoms with Gasteiger partial charge in [0.05, 0.1) is 6.10 Å². The van der Waals surface area contributed by atoms with Gasteiger partial charge in [0.2, 0.25) is 0 Å². The fourth-order valence-corrected chi connectivity index (χ4v) is 2.19. The first-order chi connectivity index (χ1) is 5.19. The zero-order valence-electron chi connectivity index (χ0n) is 7.77. The standard InChI is InChI=1S/C10H20O/c1-3-9(11)10(2)7-5-4-6-8-10/h9,11H,3-8H2,1-2H3/t9-/m0/s1. The third-order valence-electron chi connectivity index (χ3n) is 3.19. The first-order valence-corrected chi connectivity index (χ1v) is 4.87. The monoisotopic (exact) mass is 156 g/mol. The Morgan fingerprint density at radius 1 is 1.27 bits per heavy atom. The molecule has 0 bridgehead atoms. The van der Waals surface area contributed by atoms with Crippen LogP contribution in [0.5, 0.6) is 0 Å². The van der Waals surface area contributed by atoms with E-state index in [0.717, 1.165) is 6.42 Å². The minimum absolute atomic E-state index is 0.0669. The van der Waals surface area contributed by atoms with E-state index in [1.54, 1.807) is 0 Å². The first kappa shape index (κ1) is 9.05. The molecule has 0 aromatic rings. The summed E-state index contributed by atoms with van der Waals surface area (Å²) in [6.07, 6.45) is 7.29. The molecule has 0 heterocycles. The molecule has 0 aromatic heterocycles. The Balaban J connectivity index is 2.49. The van der Waals surface area contributed by atoms with E-state index in [1.807, 2.05) is 0 Å². The SMILES string of the molecule is CC[C@H](O)C1(C)CCCCC1. The van der Waals surface area contributed by atoms with Gasteiger partial charge in [0, 0.05) is 0 Å². The molecule has 11 heavy (non-hydrogen) atoms. The van der Waals surface area contributed by atoms with Crippen LogP contribution in [0, 0.1) is 5.41 Å². The largest absolute Gasteiger partial charge is 0.393 e. The molecule has 0 radical (unpaired) electrons. The molecule has 0 spiro atoms. The molecule has 1 heteroatoms. The lowest BCUT2D eigenvalue weighted by Gasteiger charge is -2.37. The molecule has 1 atom stereocenters. The molecule has 1 rings (SSSR count). The van der Waals surface area contributed by atoms with Gasteiger partial charge in [0.25, 0.3) is 0 Å². The summed E-state index contributed by atoms with van der Waals surface area (Å²) < 4.78 is 0. The van der Waals surface area contributed by atoms with Crippen molar-refractivity contribution in [1.29, 1.82) is 0 Å². The summed E-state index contributed by atoms with van der Waals surface area (Å²) in [5, 5.41) is 9.74. The van der Waals surface area contributed by atoms with Gasteiger partial charge < -0.3 is 5.11 Å². The molecular formula is C10H20O. The van der Waals surface area contributed by atoms with Crippen molar-refractivity contribution in [3.8, 4) is 0 Å². The molecule has 1 aliphatic rings. The maximum absolute atomic E-state index is 9.74. The van der Waals surface area contributed by atoms with Gasteiger partial charge in [0.15, 0.2) is 0 Å². The van der Waals surface area contributed by atoms with Crippen molar-refractivity contribution in [3.05, 3.63) is 0 Å². The molecule has 0 saturated heterocycles. The second kappa shape index (κ2) is 3.57. The van der Waals surface area contributed by atoms with Crippen LogP contribution < -0.4 is 0 Å². The second-order valence-electron chi connectivity index (χ2n) is 4.14. The minimum Gasteiger partial charge on any atom is -0.393 e. The molecule has 1 aliphatic carbocycles. The highest BCUT2D eigenvalue weighted by Crippen LogP contribution is 2.39. The summed E-state index contributed by atoms with van der Waals surface area (Å²) in [7, 11) is 0. The van der Waals surface area contributed by atoms with Crippen LogP contribution >= 0.6 is 0 Å². The van der Waals surface area contributed by atoms with Gasteiger partial charge in [-0.25, -0.2) is 0 Å². The van der Waals surface area contributed by atoms with Crippen molar-refractivity contribution < 1.29 is 5.11 Å². The zero-order valence-corrected chi connectivity index (χ0v) is 7.77. The van der Waals surface area contributed by atoms with Crippen LogP contribution in [0.2, 0.25) is 0 Å². The number of hydrogen-bond acceptors (Lipinski definition) is 1. The van der Waals surface area contributed by atoms with E-state index in [9.17, 15) is 5.11 Å². The van der Waals surface area contributed by atoms with E-state index >= 15 is 0 Å². The Morgan fingerprint density at radius 2 is 1.82 bits per heavy atom. The van der Waals surface area contributed by atoms with Gasteiger partial charge in [-0.05, 0) is 24.7 Å². The summed E-state index contributed by atoms with van der Waals surface area (Å²) >= 11 is 0. The third-order valence-corrected chi connectivity index (χ3v) is 3.19. The molecule has 1 fully saturated rings. The van der Waals surface area contributed by atoms with E-state index in [1.165, 1.54) is 32.1 Å². The number of aliphatic hydroxyl groups excluding tert-OH is 1. The van der Waals surface area contributed by atoms with E-state index in [2.05, 4.69) is 13.8 Å². The van der Waals surface area contributed by atoms with Crippen LogP contribution in [0.1, 0.15) is 52.4 Å². The number of rotatable bonds is 2. The van der Waals surface area contributed by atoms with Crippen LogP contribution in [0.15, 0.2) is 0 Å². The Hall–Kier alpha value is -0.0400. The van der Waals surface area contributed by atoms with Gasteiger partial charge in [-0.2, -0.15) is 0 Å². The Labute approximate surface area is 69.8 Å². The summed E-state index contributed by atoms with van der Waals surface area (Å²) in [6, 6.07) is 0. The summed E-state index contributed by atoms with van der Waals surface area (Å²) in [5.41, 5.74) is 0.243. The van der Waals surface area contributed by atoms with Gasteiger partial charge in [-0.15, -0.1) is 0 Å². The highest BCUT2D eigenvalue weighted by atomic mass is 16.3. The van der Waals surface area contributed by atoms with Crippen LogP contribution in [0.25, 0.3) is 0 Å². The van der Waals surface area contributed by atoms with Crippen molar-refractivity contribution in [1.82, 2.24) is 0 Å². The summed E-state index contributed by atoms with van der Waals surface area (Å²) in [5.74, 6) is 0. The van der Waals surface area contributed by atoms with E-state index in [0.29, 0.717) is 0 Å². The van der Waals surface area contributed by atoms with E-state index in [4.69, 9.17) is 0 Å². The van der Waals surface area contributed by atoms with Crippen molar-refractivity contribution in [2.45, 2.75) is 58.5 Å². The van der Waals surface area contributed by atoms with Crippen molar-refractivity contribution in [2.75, 3.05) is 0 Å². The van der Waals surface area contributed by atoms with Gasteiger partial charge >= 0.3 is 0 Å². The molecule has 0 unspecified atom stereocenters. The quantitative estimate of drug-likeness (QED) is 0.651. The molecule has 1 saturated carbocycles. The maximum Gasteiger partial charge on any atom is 0.0591 e. The van der Waals surface area contributed by atoms with Gasteiger partial charge in [0.1, 0.15) is 0 Å². The van der Waals surface area contributed by atoms with Crippen LogP contribution in [0.3, 0.4) is 0 Å². The molecule has 0 aromatic carbocycles. The molecule has 1 nitrogen and oxygen atoms in total. The Morgan fingerprint density at radius 3 is 2.27 bits per heavy atom. The fraction of sp³-hybridized carbons (Fsp3) is 1.00. The average molecular weight is 156 g/mol. The Bertz CT molecular complexity index is 114. The smallest absolute Gasteiger partial charge is 0.0591 e. The topological polar surface area (TPSA) is 20.2 Å².